The molecule has 2 aliphatic rings. The molecule has 0 aliphatic heterocycles. The lowest BCUT2D eigenvalue weighted by Crippen LogP contribution is -2.56. The van der Waals surface area contributed by atoms with Crippen LogP contribution in [0.1, 0.15) is 46.0 Å². The maximum absolute atomic E-state index is 12.1. The maximum atomic E-state index is 12.1. The first-order valence-corrected chi connectivity index (χ1v) is 6.21. The zero-order chi connectivity index (χ0) is 12.7. The van der Waals surface area contributed by atoms with Crippen LogP contribution in [0.4, 0.5) is 0 Å². The van der Waals surface area contributed by atoms with Gasteiger partial charge in [0, 0.05) is 5.92 Å². The fraction of sp³-hybridized carbons (Fsp3) is 0.833. The predicted molar refractivity (Wildman–Crippen MR) is 64.6 cm³/mol. The third-order valence-electron chi connectivity index (χ3n) is 4.25. The summed E-state index contributed by atoms with van der Waals surface area (Å²) in [6.45, 7) is 4.17. The van der Waals surface area contributed by atoms with Crippen molar-refractivity contribution in [2.45, 2.75) is 51.5 Å². The van der Waals surface area contributed by atoms with Crippen molar-refractivity contribution in [1.29, 1.82) is 0 Å². The molecule has 2 rings (SSSR count). The smallest absolute Gasteiger partial charge is 0.224 e. The fourth-order valence-electron chi connectivity index (χ4n) is 2.76. The minimum Gasteiger partial charge on any atom is -0.409 e. The highest BCUT2D eigenvalue weighted by molar-refractivity contribution is 5.95. The van der Waals surface area contributed by atoms with Gasteiger partial charge in [-0.05, 0) is 24.7 Å². The van der Waals surface area contributed by atoms with E-state index >= 15 is 0 Å². The van der Waals surface area contributed by atoms with E-state index in [4.69, 9.17) is 10.9 Å². The van der Waals surface area contributed by atoms with Gasteiger partial charge < -0.3 is 16.3 Å². The lowest BCUT2D eigenvalue weighted by molar-refractivity contribution is -0.124. The molecule has 0 aromatic carbocycles. The zero-order valence-corrected chi connectivity index (χ0v) is 10.5. The molecule has 0 heterocycles. The summed E-state index contributed by atoms with van der Waals surface area (Å²) in [6.07, 6.45) is 4.46. The van der Waals surface area contributed by atoms with E-state index in [1.165, 1.54) is 0 Å². The molecular weight excluding hydrogens is 218 g/mol. The van der Waals surface area contributed by atoms with Gasteiger partial charge in [-0.2, -0.15) is 0 Å². The molecule has 96 valence electrons. The van der Waals surface area contributed by atoms with Gasteiger partial charge in [0.15, 0.2) is 5.84 Å². The van der Waals surface area contributed by atoms with E-state index in [0.29, 0.717) is 0 Å². The average Bonchev–Trinajstić information content (AvgIpc) is 2.72. The summed E-state index contributed by atoms with van der Waals surface area (Å²) in [7, 11) is 0. The lowest BCUT2D eigenvalue weighted by atomic mass is 9.95. The Morgan fingerprint density at radius 1 is 1.41 bits per heavy atom. The third-order valence-corrected chi connectivity index (χ3v) is 4.25. The summed E-state index contributed by atoms with van der Waals surface area (Å²) in [6, 6.07) is 0. The van der Waals surface area contributed by atoms with E-state index in [1.54, 1.807) is 0 Å². The lowest BCUT2D eigenvalue weighted by Gasteiger charge is -2.29. The van der Waals surface area contributed by atoms with Crippen LogP contribution in [0.15, 0.2) is 5.16 Å². The van der Waals surface area contributed by atoms with E-state index < -0.39 is 5.54 Å². The first-order chi connectivity index (χ1) is 7.91. The molecule has 4 N–H and O–H groups in total. The average molecular weight is 239 g/mol. The van der Waals surface area contributed by atoms with Crippen LogP contribution in [0.3, 0.4) is 0 Å². The number of oxime groups is 1. The molecule has 0 radical (unpaired) electrons. The molecule has 0 bridgehead atoms. The molecule has 2 saturated carbocycles. The highest BCUT2D eigenvalue weighted by Crippen LogP contribution is 2.52. The monoisotopic (exact) mass is 239 g/mol. The summed E-state index contributed by atoms with van der Waals surface area (Å²) in [5.41, 5.74) is 5.23. The number of carbonyl (C=O) groups excluding carboxylic acids is 1. The van der Waals surface area contributed by atoms with Crippen molar-refractivity contribution in [2.24, 2.45) is 22.2 Å². The summed E-state index contributed by atoms with van der Waals surface area (Å²) < 4.78 is 0. The van der Waals surface area contributed by atoms with Crippen molar-refractivity contribution in [3.8, 4) is 0 Å². The standard InChI is InChI=1S/C12H21N3O2/c1-11(2)7-8(11)9(16)14-12(10(13)15-17)5-3-4-6-12/h8,17H,3-7H2,1-2H3,(H2,13,15)(H,14,16). The third kappa shape index (κ3) is 2.10. The number of amides is 1. The Kier molecular flexibility index (Phi) is 2.79. The number of nitrogens with zero attached hydrogens (tertiary/aromatic N) is 1. The number of hydrogen-bond acceptors (Lipinski definition) is 3. The molecule has 17 heavy (non-hydrogen) atoms. The fourth-order valence-corrected chi connectivity index (χ4v) is 2.76. The first kappa shape index (κ1) is 12.2. The van der Waals surface area contributed by atoms with Gasteiger partial charge in [0.05, 0.1) is 0 Å². The van der Waals surface area contributed by atoms with Gasteiger partial charge in [0.1, 0.15) is 5.54 Å². The molecule has 1 atom stereocenters. The number of amidine groups is 1. The molecule has 2 fully saturated rings. The normalized spacial score (nSPS) is 30.0. The molecule has 0 aromatic heterocycles. The molecule has 0 saturated heterocycles. The second-order valence-electron chi connectivity index (χ2n) is 6.01. The Balaban J connectivity index is 2.07. The van der Waals surface area contributed by atoms with Gasteiger partial charge in [0.2, 0.25) is 5.91 Å². The predicted octanol–water partition coefficient (Wildman–Crippen LogP) is 1.21. The van der Waals surface area contributed by atoms with Gasteiger partial charge in [0.25, 0.3) is 0 Å². The number of carbonyl (C=O) groups is 1. The van der Waals surface area contributed by atoms with Crippen molar-refractivity contribution < 1.29 is 10.0 Å². The molecule has 0 spiro atoms. The molecule has 5 heteroatoms. The number of hydrogen-bond donors (Lipinski definition) is 3. The van der Waals surface area contributed by atoms with Crippen LogP contribution in [-0.4, -0.2) is 22.5 Å². The molecule has 1 unspecified atom stereocenters. The summed E-state index contributed by atoms with van der Waals surface area (Å²) >= 11 is 0. The number of rotatable bonds is 3. The maximum Gasteiger partial charge on any atom is 0.224 e. The summed E-state index contributed by atoms with van der Waals surface area (Å²) in [5.74, 6) is 0.261. The Labute approximate surface area is 101 Å². The highest BCUT2D eigenvalue weighted by atomic mass is 16.4. The Bertz CT molecular complexity index is 357. The van der Waals surface area contributed by atoms with E-state index in [9.17, 15) is 4.79 Å². The summed E-state index contributed by atoms with van der Waals surface area (Å²) in [5, 5.41) is 14.9. The quantitative estimate of drug-likeness (QED) is 0.299. The molecule has 0 aromatic rings. The Morgan fingerprint density at radius 3 is 2.35 bits per heavy atom. The summed E-state index contributed by atoms with van der Waals surface area (Å²) in [4.78, 5) is 12.1. The van der Waals surface area contributed by atoms with Crippen molar-refractivity contribution in [3.63, 3.8) is 0 Å². The SMILES string of the molecule is CC1(C)CC1C(=O)NC1(C(N)=NO)CCCC1. The van der Waals surface area contributed by atoms with E-state index in [-0.39, 0.29) is 23.1 Å². The van der Waals surface area contributed by atoms with Crippen LogP contribution in [0.5, 0.6) is 0 Å². The van der Waals surface area contributed by atoms with Crippen LogP contribution in [0, 0.1) is 11.3 Å². The van der Waals surface area contributed by atoms with Gasteiger partial charge >= 0.3 is 0 Å². The number of nitrogens with two attached hydrogens (primary N) is 1. The van der Waals surface area contributed by atoms with Crippen LogP contribution in [-0.2, 0) is 4.79 Å². The number of nitrogens with one attached hydrogen (secondary N) is 1. The zero-order valence-electron chi connectivity index (χ0n) is 10.5. The Hall–Kier alpha value is -1.26. The molecular formula is C12H21N3O2. The van der Waals surface area contributed by atoms with Gasteiger partial charge in [-0.1, -0.05) is 31.8 Å². The van der Waals surface area contributed by atoms with Crippen LogP contribution < -0.4 is 11.1 Å². The van der Waals surface area contributed by atoms with E-state index in [2.05, 4.69) is 24.3 Å². The topological polar surface area (TPSA) is 87.7 Å². The van der Waals surface area contributed by atoms with Gasteiger partial charge in [-0.15, -0.1) is 0 Å². The van der Waals surface area contributed by atoms with Crippen molar-refractivity contribution in [2.75, 3.05) is 0 Å². The van der Waals surface area contributed by atoms with Gasteiger partial charge in [-0.3, -0.25) is 4.79 Å². The minimum atomic E-state index is -0.607. The second-order valence-corrected chi connectivity index (χ2v) is 6.01. The van der Waals surface area contributed by atoms with Crippen LogP contribution in [0.2, 0.25) is 0 Å². The molecule has 2 aliphatic carbocycles. The van der Waals surface area contributed by atoms with Gasteiger partial charge in [-0.25, -0.2) is 0 Å². The molecule has 1 amide bonds. The van der Waals surface area contributed by atoms with Crippen molar-refractivity contribution in [1.82, 2.24) is 5.32 Å². The minimum absolute atomic E-state index is 0.0449. The van der Waals surface area contributed by atoms with E-state index in [0.717, 1.165) is 32.1 Å². The first-order valence-electron chi connectivity index (χ1n) is 6.21. The van der Waals surface area contributed by atoms with E-state index in [1.807, 2.05) is 0 Å². The van der Waals surface area contributed by atoms with Crippen molar-refractivity contribution >= 4 is 11.7 Å². The largest absolute Gasteiger partial charge is 0.409 e. The molecule has 5 nitrogen and oxygen atoms in total. The van der Waals surface area contributed by atoms with Crippen LogP contribution >= 0.6 is 0 Å². The van der Waals surface area contributed by atoms with Crippen LogP contribution in [0.25, 0.3) is 0 Å². The Morgan fingerprint density at radius 2 is 1.94 bits per heavy atom. The highest BCUT2D eigenvalue weighted by Gasteiger charge is 2.52. The second kappa shape index (κ2) is 3.89. The van der Waals surface area contributed by atoms with Crippen molar-refractivity contribution in [3.05, 3.63) is 0 Å².